The van der Waals surface area contributed by atoms with Crippen LogP contribution in [0.5, 0.6) is 0 Å². The van der Waals surface area contributed by atoms with E-state index in [9.17, 15) is 26.4 Å². The first kappa shape index (κ1) is 21.9. The first-order chi connectivity index (χ1) is 13.0. The van der Waals surface area contributed by atoms with Crippen molar-refractivity contribution in [3.63, 3.8) is 0 Å². The number of hydrogen-bond donors (Lipinski definition) is 1. The van der Waals surface area contributed by atoms with Crippen molar-refractivity contribution < 1.29 is 31.1 Å². The average molecular weight is 415 g/mol. The zero-order valence-electron chi connectivity index (χ0n) is 15.1. The number of hydrogen-bond acceptors (Lipinski definition) is 4. The second-order valence-electron chi connectivity index (χ2n) is 6.38. The van der Waals surface area contributed by atoms with Crippen LogP contribution in [0.25, 0.3) is 0 Å². The van der Waals surface area contributed by atoms with Crippen LogP contribution in [-0.2, 0) is 33.5 Å². The molecule has 9 heteroatoms. The summed E-state index contributed by atoms with van der Waals surface area (Å²) in [6.07, 6.45) is -3.24. The van der Waals surface area contributed by atoms with Crippen molar-refractivity contribution in [2.75, 3.05) is 12.9 Å². The lowest BCUT2D eigenvalue weighted by Crippen LogP contribution is -2.23. The number of halogens is 3. The molecule has 0 bridgehead atoms. The molecule has 0 heterocycles. The summed E-state index contributed by atoms with van der Waals surface area (Å²) in [7, 11) is -3.20. The molecule has 2 rings (SSSR count). The molecule has 0 aliphatic carbocycles. The van der Waals surface area contributed by atoms with Gasteiger partial charge in [0, 0.05) is 18.4 Å². The highest BCUT2D eigenvalue weighted by atomic mass is 32.2. The number of carbonyl (C=O) groups is 1. The number of alkyl halides is 3. The first-order valence-electron chi connectivity index (χ1n) is 8.29. The maximum Gasteiger partial charge on any atom is 0.411 e. The van der Waals surface area contributed by atoms with Gasteiger partial charge in [-0.3, -0.25) is 4.79 Å². The Hall–Kier alpha value is -2.39. The maximum absolute atomic E-state index is 12.3. The molecule has 0 radical (unpaired) electrons. The van der Waals surface area contributed by atoms with Crippen molar-refractivity contribution in [2.45, 2.75) is 25.1 Å². The lowest BCUT2D eigenvalue weighted by atomic mass is 10.1. The van der Waals surface area contributed by atoms with Crippen LogP contribution in [0.15, 0.2) is 48.5 Å². The molecule has 0 aromatic heterocycles. The van der Waals surface area contributed by atoms with E-state index in [-0.39, 0.29) is 24.8 Å². The second-order valence-corrected chi connectivity index (χ2v) is 8.52. The van der Waals surface area contributed by atoms with Gasteiger partial charge in [-0.05, 0) is 28.8 Å². The van der Waals surface area contributed by atoms with Crippen LogP contribution in [0.2, 0.25) is 0 Å². The third kappa shape index (κ3) is 8.10. The van der Waals surface area contributed by atoms with Gasteiger partial charge in [-0.1, -0.05) is 36.4 Å². The summed E-state index contributed by atoms with van der Waals surface area (Å²) in [6.45, 7) is -1.23. The van der Waals surface area contributed by atoms with Crippen molar-refractivity contribution >= 4 is 15.7 Å². The number of nitrogens with one attached hydrogen (secondary N) is 1. The van der Waals surface area contributed by atoms with Crippen LogP contribution in [0, 0.1) is 0 Å². The van der Waals surface area contributed by atoms with Gasteiger partial charge in [0.05, 0.1) is 12.4 Å². The molecule has 0 atom stereocenters. The third-order valence-electron chi connectivity index (χ3n) is 3.63. The van der Waals surface area contributed by atoms with Crippen LogP contribution < -0.4 is 5.32 Å². The summed E-state index contributed by atoms with van der Waals surface area (Å²) in [6, 6.07) is 13.0. The zero-order valence-corrected chi connectivity index (χ0v) is 15.9. The molecule has 0 fully saturated rings. The topological polar surface area (TPSA) is 72.5 Å². The number of ether oxygens (including phenoxy) is 1. The molecule has 0 saturated heterocycles. The van der Waals surface area contributed by atoms with Crippen molar-refractivity contribution in [2.24, 2.45) is 0 Å². The quantitative estimate of drug-likeness (QED) is 0.719. The first-order valence-corrected chi connectivity index (χ1v) is 10.3. The van der Waals surface area contributed by atoms with Gasteiger partial charge in [0.25, 0.3) is 5.91 Å². The van der Waals surface area contributed by atoms with E-state index in [0.717, 1.165) is 11.8 Å². The van der Waals surface area contributed by atoms with Gasteiger partial charge in [0.15, 0.2) is 9.84 Å². The van der Waals surface area contributed by atoms with E-state index in [1.165, 1.54) is 6.07 Å². The van der Waals surface area contributed by atoms with Gasteiger partial charge < -0.3 is 10.1 Å². The molecule has 2 aromatic carbocycles. The Bertz CT molecular complexity index is 910. The van der Waals surface area contributed by atoms with Crippen molar-refractivity contribution in [3.8, 4) is 0 Å². The largest absolute Gasteiger partial charge is 0.411 e. The fourth-order valence-electron chi connectivity index (χ4n) is 2.43. The molecule has 0 unspecified atom stereocenters. The molecule has 152 valence electrons. The number of amides is 1. The Labute approximate surface area is 161 Å². The molecule has 0 spiro atoms. The standard InChI is InChI=1S/C19H20F3NO4S/c1-28(25,26)12-16-3-2-4-17(9-16)18(24)23-10-14-5-7-15(8-6-14)11-27-13-19(20,21)22/h2-9H,10-13H2,1H3,(H,23,24). The van der Waals surface area contributed by atoms with Crippen molar-refractivity contribution in [1.82, 2.24) is 5.32 Å². The minimum Gasteiger partial charge on any atom is -0.367 e. The van der Waals surface area contributed by atoms with E-state index in [1.54, 1.807) is 42.5 Å². The van der Waals surface area contributed by atoms with Crippen molar-refractivity contribution in [3.05, 3.63) is 70.8 Å². The number of sulfone groups is 1. The monoisotopic (exact) mass is 415 g/mol. The Morgan fingerprint density at radius 3 is 2.29 bits per heavy atom. The maximum atomic E-state index is 12.3. The second kappa shape index (κ2) is 9.20. The molecule has 0 aliphatic heterocycles. The van der Waals surface area contributed by atoms with Gasteiger partial charge in [-0.2, -0.15) is 13.2 Å². The number of carbonyl (C=O) groups excluding carboxylic acids is 1. The third-order valence-corrected chi connectivity index (χ3v) is 4.49. The van der Waals surface area contributed by atoms with Crippen LogP contribution in [0.4, 0.5) is 13.2 Å². The minimum absolute atomic E-state index is 0.147. The normalized spacial score (nSPS) is 12.0. The zero-order chi connectivity index (χ0) is 20.8. The summed E-state index contributed by atoms with van der Waals surface area (Å²) >= 11 is 0. The molecule has 1 amide bonds. The van der Waals surface area contributed by atoms with Gasteiger partial charge in [0.1, 0.15) is 6.61 Å². The van der Waals surface area contributed by atoms with Crippen LogP contribution in [0.3, 0.4) is 0 Å². The van der Waals surface area contributed by atoms with Gasteiger partial charge in [0.2, 0.25) is 0 Å². The Kier molecular flexibility index (Phi) is 7.20. The van der Waals surface area contributed by atoms with E-state index >= 15 is 0 Å². The van der Waals surface area contributed by atoms with Crippen LogP contribution in [-0.4, -0.2) is 33.4 Å². The molecule has 5 nitrogen and oxygen atoms in total. The Balaban J connectivity index is 1.88. The van der Waals surface area contributed by atoms with Gasteiger partial charge >= 0.3 is 6.18 Å². The predicted molar refractivity (Wildman–Crippen MR) is 98.3 cm³/mol. The highest BCUT2D eigenvalue weighted by Gasteiger charge is 2.27. The molecule has 0 aliphatic rings. The summed E-state index contributed by atoms with van der Waals surface area (Å²) in [5, 5.41) is 2.72. The molecule has 28 heavy (non-hydrogen) atoms. The summed E-state index contributed by atoms with van der Waals surface area (Å²) in [4.78, 5) is 12.3. The van der Waals surface area contributed by atoms with Gasteiger partial charge in [-0.25, -0.2) is 8.42 Å². The van der Waals surface area contributed by atoms with E-state index in [0.29, 0.717) is 16.7 Å². The fraction of sp³-hybridized carbons (Fsp3) is 0.316. The molecule has 0 saturated carbocycles. The fourth-order valence-corrected chi connectivity index (χ4v) is 3.21. The van der Waals surface area contributed by atoms with Crippen LogP contribution in [0.1, 0.15) is 27.0 Å². The summed E-state index contributed by atoms with van der Waals surface area (Å²) in [5.74, 6) is -0.501. The lowest BCUT2D eigenvalue weighted by Gasteiger charge is -2.09. The predicted octanol–water partition coefficient (Wildman–Crippen LogP) is 3.24. The average Bonchev–Trinajstić information content (AvgIpc) is 2.58. The Morgan fingerprint density at radius 1 is 1.04 bits per heavy atom. The number of rotatable bonds is 8. The van der Waals surface area contributed by atoms with Gasteiger partial charge in [-0.15, -0.1) is 0 Å². The van der Waals surface area contributed by atoms with Crippen molar-refractivity contribution in [1.29, 1.82) is 0 Å². The molecule has 1 N–H and O–H groups in total. The van der Waals surface area contributed by atoms with E-state index in [2.05, 4.69) is 10.1 Å². The highest BCUT2D eigenvalue weighted by molar-refractivity contribution is 7.89. The van der Waals surface area contributed by atoms with E-state index in [4.69, 9.17) is 0 Å². The smallest absolute Gasteiger partial charge is 0.367 e. The molecule has 2 aromatic rings. The SMILES string of the molecule is CS(=O)(=O)Cc1cccc(C(=O)NCc2ccc(COCC(F)(F)F)cc2)c1. The molecular weight excluding hydrogens is 395 g/mol. The molecular formula is C19H20F3NO4S. The number of benzene rings is 2. The Morgan fingerprint density at radius 2 is 1.68 bits per heavy atom. The van der Waals surface area contributed by atoms with E-state index in [1.807, 2.05) is 0 Å². The minimum atomic E-state index is -4.36. The van der Waals surface area contributed by atoms with E-state index < -0.39 is 22.6 Å². The highest BCUT2D eigenvalue weighted by Crippen LogP contribution is 2.16. The van der Waals surface area contributed by atoms with Crippen LogP contribution >= 0.6 is 0 Å². The summed E-state index contributed by atoms with van der Waals surface area (Å²) < 4.78 is 63.5. The summed E-state index contributed by atoms with van der Waals surface area (Å²) in [5.41, 5.74) is 2.23. The lowest BCUT2D eigenvalue weighted by molar-refractivity contribution is -0.176.